The van der Waals surface area contributed by atoms with Crippen LogP contribution in [0.1, 0.15) is 55.3 Å². The van der Waals surface area contributed by atoms with Crippen LogP contribution in [-0.2, 0) is 5.75 Å². The van der Waals surface area contributed by atoms with Crippen molar-refractivity contribution < 1.29 is 4.42 Å². The second kappa shape index (κ2) is 6.29. The molecule has 0 atom stereocenters. The highest BCUT2D eigenvalue weighted by Gasteiger charge is 2.28. The minimum absolute atomic E-state index is 0.318. The summed E-state index contributed by atoms with van der Waals surface area (Å²) in [5.41, 5.74) is 3.71. The first kappa shape index (κ1) is 16.3. The minimum atomic E-state index is -0.318. The summed E-state index contributed by atoms with van der Waals surface area (Å²) >= 11 is 1.56. The van der Waals surface area contributed by atoms with Gasteiger partial charge in [-0.25, -0.2) is 9.48 Å². The number of hydrogen-bond acceptors (Lipinski definition) is 6. The molecule has 0 N–H and O–H groups in total. The van der Waals surface area contributed by atoms with Gasteiger partial charge in [-0.3, -0.25) is 0 Å². The summed E-state index contributed by atoms with van der Waals surface area (Å²) in [7, 11) is 0. The third-order valence-electron chi connectivity index (χ3n) is 4.55. The summed E-state index contributed by atoms with van der Waals surface area (Å²) in [5.74, 6) is 1.05. The van der Waals surface area contributed by atoms with Gasteiger partial charge in [0.1, 0.15) is 5.58 Å². The molecule has 0 spiro atoms. The van der Waals surface area contributed by atoms with Gasteiger partial charge in [-0.2, -0.15) is 0 Å². The molecule has 130 valence electrons. The normalized spacial score (nSPS) is 14.6. The lowest BCUT2D eigenvalue weighted by Crippen LogP contribution is -2.03. The number of aromatic nitrogens is 4. The van der Waals surface area contributed by atoms with E-state index in [1.165, 1.54) is 5.56 Å². The summed E-state index contributed by atoms with van der Waals surface area (Å²) in [6.07, 6.45) is 2.26. The van der Waals surface area contributed by atoms with E-state index in [0.717, 1.165) is 34.5 Å². The van der Waals surface area contributed by atoms with Crippen LogP contribution in [0.2, 0.25) is 0 Å². The Morgan fingerprint density at radius 3 is 2.84 bits per heavy atom. The van der Waals surface area contributed by atoms with Crippen LogP contribution in [0, 0.1) is 6.92 Å². The van der Waals surface area contributed by atoms with E-state index in [0.29, 0.717) is 23.3 Å². The highest BCUT2D eigenvalue weighted by molar-refractivity contribution is 7.98. The molecule has 1 fully saturated rings. The van der Waals surface area contributed by atoms with Crippen LogP contribution in [0.15, 0.2) is 32.6 Å². The third-order valence-corrected chi connectivity index (χ3v) is 5.53. The minimum Gasteiger partial charge on any atom is -0.423 e. The van der Waals surface area contributed by atoms with Gasteiger partial charge in [0.15, 0.2) is 0 Å². The first-order valence-corrected chi connectivity index (χ1v) is 9.49. The van der Waals surface area contributed by atoms with Crippen molar-refractivity contribution in [3.63, 3.8) is 0 Å². The van der Waals surface area contributed by atoms with Gasteiger partial charge in [0.25, 0.3) is 0 Å². The van der Waals surface area contributed by atoms with E-state index >= 15 is 0 Å². The number of fused-ring (bicyclic) bond motifs is 1. The van der Waals surface area contributed by atoms with E-state index in [1.54, 1.807) is 17.8 Å². The van der Waals surface area contributed by atoms with Crippen molar-refractivity contribution in [2.45, 2.75) is 56.5 Å². The van der Waals surface area contributed by atoms with Crippen LogP contribution >= 0.6 is 11.8 Å². The summed E-state index contributed by atoms with van der Waals surface area (Å²) in [6.45, 7) is 6.40. The van der Waals surface area contributed by atoms with Crippen LogP contribution in [-0.4, -0.2) is 20.2 Å². The standard InChI is InChI=1S/C18H20N4O2S/c1-10(2)14-8-15-12(7-17(23)24-16(15)6-11(14)3)9-25-18-19-20-21-22(18)13-4-5-13/h6-8,10,13H,4-5,9H2,1-3H3. The summed E-state index contributed by atoms with van der Waals surface area (Å²) in [6, 6.07) is 6.14. The van der Waals surface area contributed by atoms with Gasteiger partial charge in [0.2, 0.25) is 5.16 Å². The van der Waals surface area contributed by atoms with E-state index in [9.17, 15) is 4.79 Å². The zero-order chi connectivity index (χ0) is 17.6. The maximum atomic E-state index is 12.0. The van der Waals surface area contributed by atoms with E-state index < -0.39 is 0 Å². The molecule has 1 aromatic carbocycles. The predicted molar refractivity (Wildman–Crippen MR) is 97.0 cm³/mol. The largest absolute Gasteiger partial charge is 0.423 e. The maximum absolute atomic E-state index is 12.0. The van der Waals surface area contributed by atoms with Gasteiger partial charge in [-0.15, -0.1) is 5.10 Å². The topological polar surface area (TPSA) is 73.8 Å². The quantitative estimate of drug-likeness (QED) is 0.511. The Morgan fingerprint density at radius 1 is 1.32 bits per heavy atom. The molecule has 0 radical (unpaired) electrons. The van der Waals surface area contributed by atoms with Gasteiger partial charge < -0.3 is 4.42 Å². The monoisotopic (exact) mass is 356 g/mol. The van der Waals surface area contributed by atoms with Gasteiger partial charge in [-0.1, -0.05) is 25.6 Å². The van der Waals surface area contributed by atoms with Crippen LogP contribution in [0.25, 0.3) is 11.0 Å². The summed E-state index contributed by atoms with van der Waals surface area (Å²) in [5, 5.41) is 13.8. The Balaban J connectivity index is 1.71. The summed E-state index contributed by atoms with van der Waals surface area (Å²) in [4.78, 5) is 12.0. The van der Waals surface area contributed by atoms with Crippen molar-refractivity contribution in [3.05, 3.63) is 45.3 Å². The Morgan fingerprint density at radius 2 is 2.12 bits per heavy atom. The molecule has 0 aliphatic heterocycles. The molecule has 6 nitrogen and oxygen atoms in total. The smallest absolute Gasteiger partial charge is 0.336 e. The van der Waals surface area contributed by atoms with Crippen LogP contribution in [0.4, 0.5) is 0 Å². The number of rotatable bonds is 5. The second-order valence-corrected chi connectivity index (χ2v) is 7.82. The zero-order valence-corrected chi connectivity index (χ0v) is 15.3. The molecule has 1 aliphatic rings. The molecule has 25 heavy (non-hydrogen) atoms. The number of hydrogen-bond donors (Lipinski definition) is 0. The number of benzene rings is 1. The summed E-state index contributed by atoms with van der Waals surface area (Å²) < 4.78 is 7.31. The lowest BCUT2D eigenvalue weighted by Gasteiger charge is -2.13. The molecule has 7 heteroatoms. The van der Waals surface area contributed by atoms with Crippen LogP contribution in [0.3, 0.4) is 0 Å². The maximum Gasteiger partial charge on any atom is 0.336 e. The van der Waals surface area contributed by atoms with Gasteiger partial charge in [0.05, 0.1) is 6.04 Å². The molecule has 3 aromatic rings. The molecule has 4 rings (SSSR count). The number of aryl methyl sites for hydroxylation is 1. The van der Waals surface area contributed by atoms with Crippen LogP contribution in [0.5, 0.6) is 0 Å². The van der Waals surface area contributed by atoms with Gasteiger partial charge >= 0.3 is 5.63 Å². The molecule has 2 heterocycles. The van der Waals surface area contributed by atoms with Gasteiger partial charge in [-0.05, 0) is 64.9 Å². The number of thioether (sulfide) groups is 1. The van der Waals surface area contributed by atoms with Crippen molar-refractivity contribution >= 4 is 22.7 Å². The highest BCUT2D eigenvalue weighted by atomic mass is 32.2. The van der Waals surface area contributed by atoms with E-state index in [2.05, 4.69) is 42.4 Å². The second-order valence-electron chi connectivity index (χ2n) is 6.88. The molecule has 1 aliphatic carbocycles. The Hall–Kier alpha value is -2.15. The Bertz CT molecular complexity index is 988. The first-order chi connectivity index (χ1) is 12.0. The highest BCUT2D eigenvalue weighted by Crippen LogP contribution is 2.37. The Kier molecular flexibility index (Phi) is 4.11. The van der Waals surface area contributed by atoms with Crippen molar-refractivity contribution in [1.29, 1.82) is 0 Å². The molecule has 2 aromatic heterocycles. The molecule has 0 unspecified atom stereocenters. The fourth-order valence-corrected chi connectivity index (χ4v) is 4.04. The predicted octanol–water partition coefficient (Wildman–Crippen LogP) is 3.84. The fourth-order valence-electron chi connectivity index (χ4n) is 3.10. The SMILES string of the molecule is Cc1cc2oc(=O)cc(CSc3nnnn3C3CC3)c2cc1C(C)C. The molecule has 1 saturated carbocycles. The Labute approximate surface area is 149 Å². The average Bonchev–Trinajstić information content (AvgIpc) is 3.29. The van der Waals surface area contributed by atoms with Crippen molar-refractivity contribution in [1.82, 2.24) is 20.2 Å². The van der Waals surface area contributed by atoms with Gasteiger partial charge in [0, 0.05) is 17.2 Å². The lowest BCUT2D eigenvalue weighted by atomic mass is 9.95. The lowest BCUT2D eigenvalue weighted by molar-refractivity contribution is 0.559. The molecule has 0 amide bonds. The van der Waals surface area contributed by atoms with Crippen molar-refractivity contribution in [2.24, 2.45) is 0 Å². The van der Waals surface area contributed by atoms with Crippen molar-refractivity contribution in [3.8, 4) is 0 Å². The average molecular weight is 356 g/mol. The van der Waals surface area contributed by atoms with E-state index in [-0.39, 0.29) is 5.63 Å². The fraction of sp³-hybridized carbons (Fsp3) is 0.444. The number of tetrazole rings is 1. The van der Waals surface area contributed by atoms with Crippen molar-refractivity contribution in [2.75, 3.05) is 0 Å². The number of nitrogens with zero attached hydrogens (tertiary/aromatic N) is 4. The first-order valence-electron chi connectivity index (χ1n) is 8.51. The van der Waals surface area contributed by atoms with E-state index in [4.69, 9.17) is 4.42 Å². The molecule has 0 saturated heterocycles. The zero-order valence-electron chi connectivity index (χ0n) is 14.5. The molecular formula is C18H20N4O2S. The third kappa shape index (κ3) is 3.20. The molecule has 0 bridgehead atoms. The molecular weight excluding hydrogens is 336 g/mol. The van der Waals surface area contributed by atoms with Crippen LogP contribution < -0.4 is 5.63 Å². The van der Waals surface area contributed by atoms with E-state index in [1.807, 2.05) is 10.7 Å².